The van der Waals surface area contributed by atoms with Gasteiger partial charge in [0.2, 0.25) is 0 Å². The molecule has 9 atom stereocenters. The summed E-state index contributed by atoms with van der Waals surface area (Å²) < 4.78 is 11.7. The first-order valence-electron chi connectivity index (χ1n) is 14.0. The standard InChI is InChI=1S/C30H43NO4/c1-18(2)20-17-30-13-10-23-28(3,11-6-12-29(23,4)27(33)34-5)24(30)16-19(20)25-22(35-15-7-14-31)9-8-21(32)26(25)30/h17-19,22-26H,6-13,15-16H2,1-5H3/t19-,22-,23+,24+,25-,26+,28-,29+,30-/m0/s1. The van der Waals surface area contributed by atoms with Crippen molar-refractivity contribution in [3.8, 4) is 6.07 Å². The van der Waals surface area contributed by atoms with E-state index in [4.69, 9.17) is 14.7 Å². The average molecular weight is 482 g/mol. The van der Waals surface area contributed by atoms with Crippen LogP contribution in [0.25, 0.3) is 0 Å². The fraction of sp³-hybridized carbons (Fsp3) is 0.833. The number of allylic oxidation sites excluding steroid dienone is 2. The summed E-state index contributed by atoms with van der Waals surface area (Å²) in [6.07, 6.45) is 10.5. The third kappa shape index (κ3) is 3.41. The molecule has 0 radical (unpaired) electrons. The van der Waals surface area contributed by atoms with Crippen molar-refractivity contribution in [1.82, 2.24) is 0 Å². The van der Waals surface area contributed by atoms with Gasteiger partial charge in [-0.25, -0.2) is 0 Å². The van der Waals surface area contributed by atoms with Crippen molar-refractivity contribution in [1.29, 1.82) is 5.26 Å². The Morgan fingerprint density at radius 2 is 1.97 bits per heavy atom. The molecule has 4 fully saturated rings. The number of ether oxygens (including phenoxy) is 2. The molecule has 0 saturated heterocycles. The lowest BCUT2D eigenvalue weighted by Crippen LogP contribution is -2.67. The molecule has 0 aromatic carbocycles. The van der Waals surface area contributed by atoms with Crippen LogP contribution in [-0.2, 0) is 19.1 Å². The van der Waals surface area contributed by atoms with Crippen LogP contribution < -0.4 is 0 Å². The molecular weight excluding hydrogens is 438 g/mol. The maximum atomic E-state index is 13.8. The molecule has 0 aromatic rings. The van der Waals surface area contributed by atoms with E-state index in [9.17, 15) is 9.59 Å². The molecule has 1 spiro atoms. The zero-order valence-corrected chi connectivity index (χ0v) is 22.3. The number of methoxy groups -OCH3 is 1. The van der Waals surface area contributed by atoms with Crippen LogP contribution in [-0.4, -0.2) is 31.6 Å². The highest BCUT2D eigenvalue weighted by Crippen LogP contribution is 2.74. The molecule has 0 aromatic heterocycles. The number of Topliss-reactive ketones (excluding diaryl/α,β-unsaturated/α-hetero) is 1. The van der Waals surface area contributed by atoms with Gasteiger partial charge in [0.1, 0.15) is 5.78 Å². The van der Waals surface area contributed by atoms with Gasteiger partial charge in [0.25, 0.3) is 0 Å². The molecule has 6 aliphatic rings. The van der Waals surface area contributed by atoms with Gasteiger partial charge in [-0.2, -0.15) is 5.26 Å². The van der Waals surface area contributed by atoms with E-state index in [1.165, 1.54) is 12.7 Å². The summed E-state index contributed by atoms with van der Waals surface area (Å²) in [7, 11) is 1.53. The van der Waals surface area contributed by atoms with E-state index in [-0.39, 0.29) is 34.7 Å². The predicted octanol–water partition coefficient (Wildman–Crippen LogP) is 5.88. The first-order chi connectivity index (χ1) is 16.6. The number of rotatable bonds is 5. The largest absolute Gasteiger partial charge is 0.469 e. The van der Waals surface area contributed by atoms with Gasteiger partial charge >= 0.3 is 5.97 Å². The number of esters is 1. The summed E-state index contributed by atoms with van der Waals surface area (Å²) in [6, 6.07) is 2.21. The van der Waals surface area contributed by atoms with Crippen molar-refractivity contribution in [2.75, 3.05) is 13.7 Å². The minimum Gasteiger partial charge on any atom is -0.469 e. The molecule has 6 rings (SSSR count). The van der Waals surface area contributed by atoms with Crippen molar-refractivity contribution in [3.05, 3.63) is 11.6 Å². The smallest absolute Gasteiger partial charge is 0.311 e. The maximum absolute atomic E-state index is 13.8. The molecule has 192 valence electrons. The third-order valence-corrected chi connectivity index (χ3v) is 11.4. The number of carbonyl (C=O) groups excluding carboxylic acids is 2. The summed E-state index contributed by atoms with van der Waals surface area (Å²) in [6.45, 7) is 9.64. The van der Waals surface area contributed by atoms with Crippen molar-refractivity contribution >= 4 is 11.8 Å². The number of ketones is 1. The molecule has 0 aliphatic heterocycles. The summed E-state index contributed by atoms with van der Waals surface area (Å²) in [4.78, 5) is 26.8. The Labute approximate surface area is 211 Å². The van der Waals surface area contributed by atoms with Crippen molar-refractivity contribution < 1.29 is 19.1 Å². The van der Waals surface area contributed by atoms with E-state index in [0.717, 1.165) is 44.9 Å². The first kappa shape index (κ1) is 25.0. The zero-order chi connectivity index (χ0) is 25.2. The van der Waals surface area contributed by atoms with E-state index in [1.54, 1.807) is 0 Å². The van der Waals surface area contributed by atoms with Crippen LogP contribution in [0.4, 0.5) is 0 Å². The van der Waals surface area contributed by atoms with Crippen LogP contribution in [0.1, 0.15) is 85.5 Å². The van der Waals surface area contributed by atoms with Crippen molar-refractivity contribution in [2.45, 2.75) is 91.6 Å². The summed E-state index contributed by atoms with van der Waals surface area (Å²) in [5, 5.41) is 9.06. The van der Waals surface area contributed by atoms with Gasteiger partial charge in [0.15, 0.2) is 0 Å². The second-order valence-electron chi connectivity index (χ2n) is 13.0. The van der Waals surface area contributed by atoms with Crippen LogP contribution in [0.15, 0.2) is 11.6 Å². The highest BCUT2D eigenvalue weighted by atomic mass is 16.5. The van der Waals surface area contributed by atoms with Gasteiger partial charge in [0.05, 0.1) is 37.7 Å². The highest BCUT2D eigenvalue weighted by Gasteiger charge is 2.71. The fourth-order valence-corrected chi connectivity index (χ4v) is 10.2. The molecule has 4 saturated carbocycles. The molecule has 0 heterocycles. The lowest BCUT2D eigenvalue weighted by Gasteiger charge is -2.71. The van der Waals surface area contributed by atoms with Gasteiger partial charge in [0, 0.05) is 23.7 Å². The van der Waals surface area contributed by atoms with Gasteiger partial charge in [-0.15, -0.1) is 0 Å². The number of fused-ring (bicyclic) bond motifs is 1. The topological polar surface area (TPSA) is 76.4 Å². The molecule has 2 bridgehead atoms. The molecule has 0 unspecified atom stereocenters. The van der Waals surface area contributed by atoms with Crippen LogP contribution in [0.3, 0.4) is 0 Å². The van der Waals surface area contributed by atoms with Crippen LogP contribution >= 0.6 is 0 Å². The van der Waals surface area contributed by atoms with E-state index < -0.39 is 5.41 Å². The number of hydrogen-bond donors (Lipinski definition) is 0. The SMILES string of the molecule is COC(=O)[C@]1(C)CCC[C@]2(C)[C@H]3C[C@H]4C(C(C)C)=C[C@]3(CC[C@H]21)[C@@H]1C(=O)CC[C@H](OCCC#N)[C@@H]14. The Kier molecular flexibility index (Phi) is 6.23. The molecular formula is C30H43NO4. The van der Waals surface area contributed by atoms with Crippen LogP contribution in [0, 0.1) is 63.1 Å². The van der Waals surface area contributed by atoms with Gasteiger partial charge in [-0.05, 0) is 74.5 Å². The number of nitriles is 1. The first-order valence-corrected chi connectivity index (χ1v) is 14.0. The molecule has 6 aliphatic carbocycles. The van der Waals surface area contributed by atoms with Gasteiger partial charge in [-0.3, -0.25) is 9.59 Å². The Morgan fingerprint density at radius 1 is 1.20 bits per heavy atom. The molecule has 5 nitrogen and oxygen atoms in total. The molecule has 0 amide bonds. The monoisotopic (exact) mass is 481 g/mol. The molecule has 0 N–H and O–H groups in total. The van der Waals surface area contributed by atoms with Crippen molar-refractivity contribution in [2.24, 2.45) is 51.8 Å². The van der Waals surface area contributed by atoms with Crippen molar-refractivity contribution in [3.63, 3.8) is 0 Å². The van der Waals surface area contributed by atoms with Crippen LogP contribution in [0.5, 0.6) is 0 Å². The lowest BCUT2D eigenvalue weighted by atomic mass is 9.33. The minimum absolute atomic E-state index is 0.0127. The van der Waals surface area contributed by atoms with E-state index in [0.29, 0.717) is 48.9 Å². The molecule has 35 heavy (non-hydrogen) atoms. The second kappa shape index (κ2) is 8.72. The number of carbonyl (C=O) groups is 2. The Bertz CT molecular complexity index is 964. The second-order valence-corrected chi connectivity index (χ2v) is 13.0. The maximum Gasteiger partial charge on any atom is 0.311 e. The quantitative estimate of drug-likeness (QED) is 0.278. The normalized spacial score (nSPS) is 46.2. The third-order valence-electron chi connectivity index (χ3n) is 11.4. The van der Waals surface area contributed by atoms with E-state index in [1.807, 2.05) is 0 Å². The minimum atomic E-state index is -0.441. The Hall–Kier alpha value is -1.67. The van der Waals surface area contributed by atoms with Crippen LogP contribution in [0.2, 0.25) is 0 Å². The van der Waals surface area contributed by atoms with E-state index in [2.05, 4.69) is 39.8 Å². The number of nitrogens with zero attached hydrogens (tertiary/aromatic N) is 1. The number of hydrogen-bond acceptors (Lipinski definition) is 5. The Morgan fingerprint density at radius 3 is 2.66 bits per heavy atom. The molecule has 5 heteroatoms. The summed E-state index contributed by atoms with van der Waals surface area (Å²) in [5.41, 5.74) is 0.979. The fourth-order valence-electron chi connectivity index (χ4n) is 10.2. The summed E-state index contributed by atoms with van der Waals surface area (Å²) in [5.74, 6) is 2.12. The zero-order valence-electron chi connectivity index (χ0n) is 22.3. The summed E-state index contributed by atoms with van der Waals surface area (Å²) >= 11 is 0. The average Bonchev–Trinajstić information content (AvgIpc) is 2.84. The van der Waals surface area contributed by atoms with E-state index >= 15 is 0 Å². The predicted molar refractivity (Wildman–Crippen MR) is 133 cm³/mol. The van der Waals surface area contributed by atoms with Gasteiger partial charge in [-0.1, -0.05) is 38.8 Å². The highest BCUT2D eigenvalue weighted by molar-refractivity contribution is 5.84. The lowest BCUT2D eigenvalue weighted by molar-refractivity contribution is -0.212. The Balaban J connectivity index is 1.59. The van der Waals surface area contributed by atoms with Gasteiger partial charge < -0.3 is 9.47 Å².